The molecule has 0 saturated heterocycles. The van der Waals surface area contributed by atoms with E-state index in [4.69, 9.17) is 17.3 Å². The molecule has 0 unspecified atom stereocenters. The van der Waals surface area contributed by atoms with E-state index in [9.17, 15) is 15.2 Å². The number of aliphatic hydroxyl groups excluding tert-OH is 1. The van der Waals surface area contributed by atoms with Gasteiger partial charge in [0, 0.05) is 11.1 Å². The summed E-state index contributed by atoms with van der Waals surface area (Å²) in [6.07, 6.45) is 2.16. The first-order valence-corrected chi connectivity index (χ1v) is 6.26. The summed E-state index contributed by atoms with van der Waals surface area (Å²) in [7, 11) is 0. The van der Waals surface area contributed by atoms with Crippen molar-refractivity contribution in [2.45, 2.75) is 31.4 Å². The Kier molecular flexibility index (Phi) is 5.55. The maximum atomic E-state index is 10.9. The van der Waals surface area contributed by atoms with Gasteiger partial charge in [-0.3, -0.25) is 10.1 Å². The van der Waals surface area contributed by atoms with E-state index in [0.29, 0.717) is 10.6 Å². The van der Waals surface area contributed by atoms with E-state index in [1.54, 1.807) is 0 Å². The number of nitrogens with two attached hydrogens (primary N) is 1. The van der Waals surface area contributed by atoms with Gasteiger partial charge in [-0.05, 0) is 30.9 Å². The van der Waals surface area contributed by atoms with Crippen LogP contribution in [0.4, 0.5) is 5.69 Å². The van der Waals surface area contributed by atoms with Crippen molar-refractivity contribution in [3.05, 3.63) is 38.9 Å². The minimum Gasteiger partial charge on any atom is -0.391 e. The number of nitro benzene ring substituents is 1. The largest absolute Gasteiger partial charge is 0.391 e. The molecule has 2 atom stereocenters. The van der Waals surface area contributed by atoms with Crippen LogP contribution in [-0.4, -0.2) is 16.1 Å². The van der Waals surface area contributed by atoms with Crippen molar-refractivity contribution in [3.8, 4) is 0 Å². The highest BCUT2D eigenvalue weighted by Gasteiger charge is 2.33. The highest BCUT2D eigenvalue weighted by atomic mass is 35.5. The third-order valence-corrected chi connectivity index (χ3v) is 3.78. The number of benzene rings is 1. The fourth-order valence-corrected chi connectivity index (χ4v) is 2.40. The smallest absolute Gasteiger partial charge is 0.274 e. The van der Waals surface area contributed by atoms with Crippen LogP contribution in [0.25, 0.3) is 0 Å². The molecule has 1 saturated carbocycles. The van der Waals surface area contributed by atoms with Crippen molar-refractivity contribution < 1.29 is 10.0 Å². The van der Waals surface area contributed by atoms with Crippen LogP contribution in [0, 0.1) is 16.0 Å². The molecule has 1 aromatic carbocycles. The van der Waals surface area contributed by atoms with Crippen molar-refractivity contribution in [1.29, 1.82) is 0 Å². The predicted molar refractivity (Wildman–Crippen MR) is 75.6 cm³/mol. The molecule has 0 aliphatic heterocycles. The maximum absolute atomic E-state index is 10.9. The lowest BCUT2D eigenvalue weighted by molar-refractivity contribution is -0.385. The highest BCUT2D eigenvalue weighted by Crippen LogP contribution is 2.37. The van der Waals surface area contributed by atoms with Crippen molar-refractivity contribution in [3.63, 3.8) is 0 Å². The van der Waals surface area contributed by atoms with Gasteiger partial charge in [0.1, 0.15) is 0 Å². The minimum atomic E-state index is -0.769. The van der Waals surface area contributed by atoms with E-state index in [1.165, 1.54) is 18.2 Å². The van der Waals surface area contributed by atoms with Crippen LogP contribution in [0.5, 0.6) is 0 Å². The van der Waals surface area contributed by atoms with Gasteiger partial charge in [0.15, 0.2) is 0 Å². The Morgan fingerprint density at radius 1 is 1.47 bits per heavy atom. The second-order valence-corrected chi connectivity index (χ2v) is 5.10. The summed E-state index contributed by atoms with van der Waals surface area (Å²) >= 11 is 5.84. The molecule has 0 heterocycles. The summed E-state index contributed by atoms with van der Waals surface area (Å²) in [5.74, 6) is 0.138. The number of rotatable bonds is 4. The van der Waals surface area contributed by atoms with E-state index in [0.717, 1.165) is 19.3 Å². The molecule has 0 aromatic heterocycles. The fraction of sp³-hybridized carbons (Fsp3) is 0.500. The number of halogens is 2. The number of aliphatic hydroxyl groups is 1. The second-order valence-electron chi connectivity index (χ2n) is 4.67. The molecule has 1 aromatic rings. The Bertz CT molecular complexity index is 466. The maximum Gasteiger partial charge on any atom is 0.274 e. The zero-order valence-corrected chi connectivity index (χ0v) is 11.7. The number of nitro groups is 1. The molecule has 1 fully saturated rings. The topological polar surface area (TPSA) is 89.4 Å². The summed E-state index contributed by atoms with van der Waals surface area (Å²) in [6.45, 7) is 0. The van der Waals surface area contributed by atoms with Gasteiger partial charge < -0.3 is 10.8 Å². The molecule has 0 spiro atoms. The molecule has 5 nitrogen and oxygen atoms in total. The summed E-state index contributed by atoms with van der Waals surface area (Å²) in [4.78, 5) is 10.4. The van der Waals surface area contributed by atoms with Crippen molar-refractivity contribution in [2.24, 2.45) is 11.7 Å². The molecule has 7 heteroatoms. The predicted octanol–water partition coefficient (Wildman–Crippen LogP) is 2.83. The molecule has 3 N–H and O–H groups in total. The van der Waals surface area contributed by atoms with E-state index in [1.807, 2.05) is 0 Å². The van der Waals surface area contributed by atoms with Crippen LogP contribution in [0.3, 0.4) is 0 Å². The lowest BCUT2D eigenvalue weighted by Crippen LogP contribution is -2.36. The Morgan fingerprint density at radius 3 is 2.58 bits per heavy atom. The average Bonchev–Trinajstić information content (AvgIpc) is 2.25. The van der Waals surface area contributed by atoms with Crippen LogP contribution in [0.15, 0.2) is 18.2 Å². The summed E-state index contributed by atoms with van der Waals surface area (Å²) in [5.41, 5.74) is 6.15. The van der Waals surface area contributed by atoms with Crippen molar-refractivity contribution in [2.75, 3.05) is 0 Å². The van der Waals surface area contributed by atoms with Crippen LogP contribution >= 0.6 is 24.0 Å². The molecule has 1 aliphatic rings. The van der Waals surface area contributed by atoms with Gasteiger partial charge in [0.05, 0.1) is 22.6 Å². The van der Waals surface area contributed by atoms with Crippen LogP contribution in [0.1, 0.15) is 30.9 Å². The number of nitrogens with zero attached hydrogens (tertiary/aromatic N) is 1. The zero-order chi connectivity index (χ0) is 13.3. The van der Waals surface area contributed by atoms with E-state index < -0.39 is 17.1 Å². The first kappa shape index (κ1) is 16.2. The standard InChI is InChI=1S/C12H15ClN2O3.ClH/c13-8-4-5-10(15(17)18)9(6-8)11(14)12(16)7-2-1-3-7;/h4-7,11-12,16H,1-3,14H2;1H/t11-,12+;/m1./s1. The van der Waals surface area contributed by atoms with Gasteiger partial charge >= 0.3 is 0 Å². The van der Waals surface area contributed by atoms with Crippen LogP contribution in [0.2, 0.25) is 5.02 Å². The Morgan fingerprint density at radius 2 is 2.11 bits per heavy atom. The first-order chi connectivity index (χ1) is 8.50. The molecular formula is C12H16Cl2N2O3. The van der Waals surface area contributed by atoms with Gasteiger partial charge in [-0.2, -0.15) is 0 Å². The summed E-state index contributed by atoms with van der Waals surface area (Å²) < 4.78 is 0. The lowest BCUT2D eigenvalue weighted by atomic mass is 9.77. The number of hydrogen-bond donors (Lipinski definition) is 2. The van der Waals surface area contributed by atoms with E-state index in [-0.39, 0.29) is 24.0 Å². The Balaban J connectivity index is 0.00000180. The number of hydrogen-bond acceptors (Lipinski definition) is 4. The molecule has 2 rings (SSSR count). The van der Waals surface area contributed by atoms with Crippen LogP contribution in [-0.2, 0) is 0 Å². The second kappa shape index (κ2) is 6.52. The monoisotopic (exact) mass is 306 g/mol. The van der Waals surface area contributed by atoms with Crippen molar-refractivity contribution in [1.82, 2.24) is 0 Å². The van der Waals surface area contributed by atoms with E-state index >= 15 is 0 Å². The summed E-state index contributed by atoms with van der Waals surface area (Å²) in [6, 6.07) is 3.47. The molecule has 19 heavy (non-hydrogen) atoms. The highest BCUT2D eigenvalue weighted by molar-refractivity contribution is 6.30. The van der Waals surface area contributed by atoms with Gasteiger partial charge in [-0.15, -0.1) is 12.4 Å². The molecule has 0 bridgehead atoms. The van der Waals surface area contributed by atoms with Gasteiger partial charge in [-0.25, -0.2) is 0 Å². The van der Waals surface area contributed by atoms with E-state index in [2.05, 4.69) is 0 Å². The quantitative estimate of drug-likeness (QED) is 0.661. The minimum absolute atomic E-state index is 0. The van der Waals surface area contributed by atoms with Crippen LogP contribution < -0.4 is 5.73 Å². The lowest BCUT2D eigenvalue weighted by Gasteiger charge is -2.33. The molecule has 0 radical (unpaired) electrons. The molecule has 1 aliphatic carbocycles. The van der Waals surface area contributed by atoms with Gasteiger partial charge in [0.25, 0.3) is 5.69 Å². The molecule has 0 amide bonds. The Labute approximate surface area is 122 Å². The van der Waals surface area contributed by atoms with Crippen molar-refractivity contribution >= 4 is 29.7 Å². The van der Waals surface area contributed by atoms with Gasteiger partial charge in [-0.1, -0.05) is 18.0 Å². The molecular weight excluding hydrogens is 291 g/mol. The third kappa shape index (κ3) is 3.36. The third-order valence-electron chi connectivity index (χ3n) is 3.55. The SMILES string of the molecule is Cl.N[C@H](c1cc(Cl)ccc1[N+](=O)[O-])[C@@H](O)C1CCC1. The first-order valence-electron chi connectivity index (χ1n) is 5.88. The summed E-state index contributed by atoms with van der Waals surface area (Å²) in [5, 5.41) is 21.4. The fourth-order valence-electron chi connectivity index (χ4n) is 2.22. The molecule has 106 valence electrons. The average molecular weight is 307 g/mol. The zero-order valence-electron chi connectivity index (χ0n) is 10.2. The Hall–Kier alpha value is -0.880. The van der Waals surface area contributed by atoms with Gasteiger partial charge in [0.2, 0.25) is 0 Å². The normalized spacial score (nSPS) is 18.1.